The van der Waals surface area contributed by atoms with Gasteiger partial charge in [-0.15, -0.1) is 0 Å². The number of nitrogens with one attached hydrogen (secondary N) is 1. The van der Waals surface area contributed by atoms with E-state index in [0.717, 1.165) is 20.9 Å². The van der Waals surface area contributed by atoms with Crippen molar-refractivity contribution in [3.63, 3.8) is 0 Å². The lowest BCUT2D eigenvalue weighted by Gasteiger charge is -2.20. The van der Waals surface area contributed by atoms with Gasteiger partial charge in [-0.25, -0.2) is 14.2 Å². The molecule has 3 N–H and O–H groups in total. The summed E-state index contributed by atoms with van der Waals surface area (Å²) in [6, 6.07) is 18.3. The second kappa shape index (κ2) is 9.51. The lowest BCUT2D eigenvalue weighted by molar-refractivity contribution is 0.415. The number of anilines is 1. The molecule has 0 spiro atoms. The molecule has 0 amide bonds. The van der Waals surface area contributed by atoms with Gasteiger partial charge < -0.3 is 15.8 Å². The molecule has 0 unspecified atom stereocenters. The molecule has 2 heterocycles. The number of hydrogen-bond donors (Lipinski definition) is 2. The first kappa shape index (κ1) is 24.2. The Balaban J connectivity index is 1.77. The molecule has 0 saturated heterocycles. The van der Waals surface area contributed by atoms with E-state index in [1.54, 1.807) is 7.05 Å². The molecule has 8 nitrogen and oxygen atoms in total. The third kappa shape index (κ3) is 4.13. The molecule has 3 aromatic carbocycles. The first-order chi connectivity index (χ1) is 17.8. The number of fused-ring (bicyclic) bond motifs is 2. The monoisotopic (exact) mass is 499 g/mol. The number of aryl methyl sites for hydroxylation is 1. The average Bonchev–Trinajstić information content (AvgIpc) is 2.92. The van der Waals surface area contributed by atoms with Crippen molar-refractivity contribution < 1.29 is 9.13 Å². The largest absolute Gasteiger partial charge is 0.496 e. The molecule has 188 valence electrons. The van der Waals surface area contributed by atoms with Crippen molar-refractivity contribution in [2.24, 2.45) is 19.8 Å². The highest BCUT2D eigenvalue weighted by molar-refractivity contribution is 5.98. The number of ether oxygens (including phenoxy) is 1. The van der Waals surface area contributed by atoms with E-state index in [1.807, 2.05) is 36.4 Å². The summed E-state index contributed by atoms with van der Waals surface area (Å²) in [5, 5.41) is 5.72. The maximum Gasteiger partial charge on any atom is 0.332 e. The molecule has 2 aromatic heterocycles. The average molecular weight is 500 g/mol. The standard InChI is InChI=1S/C28H26FN5O3/c1-33-26-24(27(35)34(2)28(33)36)23(20-13-19(29)10-11-22(20)37-3)21(14-30)25(32-26)31-15-16-8-9-17-6-4-5-7-18(17)12-16/h4-13H,14-15,30H2,1-3H3,(H,31,32). The number of pyridine rings is 1. The maximum absolute atomic E-state index is 14.5. The van der Waals surface area contributed by atoms with E-state index in [-0.39, 0.29) is 17.6 Å². The Labute approximate surface area is 211 Å². The molecule has 0 aliphatic heterocycles. The van der Waals surface area contributed by atoms with Crippen LogP contribution in [0.5, 0.6) is 5.75 Å². The molecule has 0 atom stereocenters. The minimum atomic E-state index is -0.553. The Morgan fingerprint density at radius 1 is 1.00 bits per heavy atom. The van der Waals surface area contributed by atoms with E-state index in [9.17, 15) is 14.0 Å². The number of rotatable bonds is 6. The van der Waals surface area contributed by atoms with Gasteiger partial charge in [-0.2, -0.15) is 0 Å². The quantitative estimate of drug-likeness (QED) is 0.370. The fourth-order valence-electron chi connectivity index (χ4n) is 4.68. The van der Waals surface area contributed by atoms with Gasteiger partial charge >= 0.3 is 5.69 Å². The van der Waals surface area contributed by atoms with Crippen LogP contribution in [-0.4, -0.2) is 21.2 Å². The number of aromatic nitrogens is 3. The zero-order valence-corrected chi connectivity index (χ0v) is 20.7. The van der Waals surface area contributed by atoms with E-state index >= 15 is 0 Å². The minimum Gasteiger partial charge on any atom is -0.496 e. The number of hydrogen-bond acceptors (Lipinski definition) is 6. The summed E-state index contributed by atoms with van der Waals surface area (Å²) in [5.41, 5.74) is 7.54. The predicted octanol–water partition coefficient (Wildman–Crippen LogP) is 3.67. The number of nitrogens with zero attached hydrogens (tertiary/aromatic N) is 3. The van der Waals surface area contributed by atoms with Gasteiger partial charge in [0.2, 0.25) is 0 Å². The van der Waals surface area contributed by atoms with Gasteiger partial charge in [-0.05, 0) is 40.6 Å². The first-order valence-electron chi connectivity index (χ1n) is 11.7. The summed E-state index contributed by atoms with van der Waals surface area (Å²) in [7, 11) is 4.40. The van der Waals surface area contributed by atoms with Crippen molar-refractivity contribution in [2.45, 2.75) is 13.1 Å². The molecular weight excluding hydrogens is 473 g/mol. The second-order valence-corrected chi connectivity index (χ2v) is 8.80. The minimum absolute atomic E-state index is 0.00396. The number of benzene rings is 3. The highest BCUT2D eigenvalue weighted by Crippen LogP contribution is 2.39. The molecule has 5 rings (SSSR count). The topological polar surface area (TPSA) is 104 Å². The number of methoxy groups -OCH3 is 1. The molecular formula is C28H26FN5O3. The van der Waals surface area contributed by atoms with Crippen molar-refractivity contribution in [3.05, 3.63) is 98.4 Å². The smallest absolute Gasteiger partial charge is 0.332 e. The Morgan fingerprint density at radius 2 is 1.76 bits per heavy atom. The lowest BCUT2D eigenvalue weighted by atomic mass is 9.96. The SMILES string of the molecule is COc1ccc(F)cc1-c1c(CN)c(NCc2ccc3ccccc3c2)nc2c1c(=O)n(C)c(=O)n2C. The van der Waals surface area contributed by atoms with Crippen LogP contribution in [0.3, 0.4) is 0 Å². The first-order valence-corrected chi connectivity index (χ1v) is 11.7. The molecule has 0 fully saturated rings. The van der Waals surface area contributed by atoms with Crippen LogP contribution in [0.4, 0.5) is 10.2 Å². The maximum atomic E-state index is 14.5. The third-order valence-electron chi connectivity index (χ3n) is 6.60. The summed E-state index contributed by atoms with van der Waals surface area (Å²) < 4.78 is 22.3. The summed E-state index contributed by atoms with van der Waals surface area (Å²) in [6.07, 6.45) is 0. The summed E-state index contributed by atoms with van der Waals surface area (Å²) in [5.74, 6) is 0.253. The molecule has 0 bridgehead atoms. The Kier molecular flexibility index (Phi) is 6.22. The zero-order chi connectivity index (χ0) is 26.3. The summed E-state index contributed by atoms with van der Waals surface area (Å²) >= 11 is 0. The Morgan fingerprint density at radius 3 is 2.49 bits per heavy atom. The molecule has 0 aliphatic rings. The van der Waals surface area contributed by atoms with Gasteiger partial charge in [0.25, 0.3) is 5.56 Å². The van der Waals surface area contributed by atoms with Gasteiger partial charge in [0.15, 0.2) is 5.65 Å². The fourth-order valence-corrected chi connectivity index (χ4v) is 4.68. The van der Waals surface area contributed by atoms with Gasteiger partial charge in [-0.1, -0.05) is 36.4 Å². The number of halogens is 1. The Bertz CT molecular complexity index is 1790. The van der Waals surface area contributed by atoms with Gasteiger partial charge in [0.1, 0.15) is 17.4 Å². The van der Waals surface area contributed by atoms with Crippen LogP contribution in [0.2, 0.25) is 0 Å². The fraction of sp³-hybridized carbons (Fsp3) is 0.179. The molecule has 0 radical (unpaired) electrons. The molecule has 0 aliphatic carbocycles. The van der Waals surface area contributed by atoms with Crippen LogP contribution >= 0.6 is 0 Å². The van der Waals surface area contributed by atoms with Crippen LogP contribution in [0.25, 0.3) is 32.9 Å². The normalized spacial score (nSPS) is 11.3. The van der Waals surface area contributed by atoms with Crippen LogP contribution in [0, 0.1) is 5.82 Å². The molecule has 9 heteroatoms. The van der Waals surface area contributed by atoms with Gasteiger partial charge in [0.05, 0.1) is 12.5 Å². The highest BCUT2D eigenvalue weighted by atomic mass is 19.1. The van der Waals surface area contributed by atoms with E-state index < -0.39 is 17.1 Å². The molecule has 37 heavy (non-hydrogen) atoms. The van der Waals surface area contributed by atoms with E-state index in [1.165, 1.54) is 36.9 Å². The van der Waals surface area contributed by atoms with Crippen molar-refractivity contribution in [2.75, 3.05) is 12.4 Å². The lowest BCUT2D eigenvalue weighted by Crippen LogP contribution is -2.38. The van der Waals surface area contributed by atoms with E-state index in [2.05, 4.69) is 16.4 Å². The van der Waals surface area contributed by atoms with Crippen molar-refractivity contribution >= 4 is 27.6 Å². The van der Waals surface area contributed by atoms with Crippen molar-refractivity contribution in [1.29, 1.82) is 0 Å². The third-order valence-corrected chi connectivity index (χ3v) is 6.60. The van der Waals surface area contributed by atoms with E-state index in [4.69, 9.17) is 10.5 Å². The summed E-state index contributed by atoms with van der Waals surface area (Å²) in [6.45, 7) is 0.416. The molecule has 5 aromatic rings. The van der Waals surface area contributed by atoms with E-state index in [0.29, 0.717) is 34.8 Å². The van der Waals surface area contributed by atoms with Gasteiger partial charge in [0, 0.05) is 43.9 Å². The summed E-state index contributed by atoms with van der Waals surface area (Å²) in [4.78, 5) is 30.8. The van der Waals surface area contributed by atoms with Crippen LogP contribution < -0.4 is 27.0 Å². The van der Waals surface area contributed by atoms with Crippen LogP contribution in [0.15, 0.2) is 70.3 Å². The highest BCUT2D eigenvalue weighted by Gasteiger charge is 2.24. The second-order valence-electron chi connectivity index (χ2n) is 8.80. The predicted molar refractivity (Wildman–Crippen MR) is 143 cm³/mol. The Hall–Kier alpha value is -4.50. The zero-order valence-electron chi connectivity index (χ0n) is 20.7. The van der Waals surface area contributed by atoms with Crippen molar-refractivity contribution in [3.8, 4) is 16.9 Å². The number of nitrogens with two attached hydrogens (primary N) is 1. The van der Waals surface area contributed by atoms with Crippen LogP contribution in [0.1, 0.15) is 11.1 Å². The van der Waals surface area contributed by atoms with Crippen LogP contribution in [-0.2, 0) is 27.2 Å². The van der Waals surface area contributed by atoms with Gasteiger partial charge in [-0.3, -0.25) is 13.9 Å². The molecule has 0 saturated carbocycles. The van der Waals surface area contributed by atoms with Crippen molar-refractivity contribution in [1.82, 2.24) is 14.1 Å².